The summed E-state index contributed by atoms with van der Waals surface area (Å²) in [5.41, 5.74) is 6.10. The van der Waals surface area contributed by atoms with E-state index in [1.54, 1.807) is 17.1 Å². The van der Waals surface area contributed by atoms with Gasteiger partial charge in [0.25, 0.3) is 0 Å². The first-order chi connectivity index (χ1) is 6.57. The average Bonchev–Trinajstić information content (AvgIpc) is 2.50. The number of nitrogens with two attached hydrogens (primary N) is 1. The summed E-state index contributed by atoms with van der Waals surface area (Å²) in [7, 11) is -2.87. The van der Waals surface area contributed by atoms with Gasteiger partial charge in [-0.05, 0) is 12.8 Å². The molecule has 2 rings (SSSR count). The van der Waals surface area contributed by atoms with Crippen molar-refractivity contribution in [1.29, 1.82) is 0 Å². The summed E-state index contributed by atoms with van der Waals surface area (Å²) in [6, 6.07) is -0.0361. The van der Waals surface area contributed by atoms with E-state index in [1.165, 1.54) is 0 Å². The molecule has 0 spiro atoms. The third-order valence-corrected chi connectivity index (χ3v) is 4.24. The van der Waals surface area contributed by atoms with Crippen LogP contribution in [0, 0.1) is 0 Å². The van der Waals surface area contributed by atoms with E-state index in [-0.39, 0.29) is 11.8 Å². The SMILES string of the molecule is Nc1cnn(C2CCCS(=O)(=O)C2)c1. The van der Waals surface area contributed by atoms with E-state index in [0.717, 1.165) is 6.42 Å². The monoisotopic (exact) mass is 215 g/mol. The Morgan fingerprint density at radius 1 is 1.57 bits per heavy atom. The molecule has 5 nitrogen and oxygen atoms in total. The van der Waals surface area contributed by atoms with Crippen molar-refractivity contribution in [3.05, 3.63) is 12.4 Å². The van der Waals surface area contributed by atoms with E-state index < -0.39 is 9.84 Å². The molecular weight excluding hydrogens is 202 g/mol. The molecule has 1 aliphatic heterocycles. The summed E-state index contributed by atoms with van der Waals surface area (Å²) in [6.07, 6.45) is 4.81. The molecule has 1 atom stereocenters. The second-order valence-electron chi connectivity index (χ2n) is 3.66. The van der Waals surface area contributed by atoms with Crippen molar-refractivity contribution in [2.45, 2.75) is 18.9 Å². The lowest BCUT2D eigenvalue weighted by Crippen LogP contribution is -2.27. The van der Waals surface area contributed by atoms with Crippen molar-refractivity contribution in [2.24, 2.45) is 0 Å². The van der Waals surface area contributed by atoms with Gasteiger partial charge in [-0.3, -0.25) is 4.68 Å². The fourth-order valence-electron chi connectivity index (χ4n) is 1.76. The summed E-state index contributed by atoms with van der Waals surface area (Å²) in [5.74, 6) is 0.494. The highest BCUT2D eigenvalue weighted by Crippen LogP contribution is 2.22. The summed E-state index contributed by atoms with van der Waals surface area (Å²) in [6.45, 7) is 0. The van der Waals surface area contributed by atoms with E-state index in [4.69, 9.17) is 5.73 Å². The van der Waals surface area contributed by atoms with Gasteiger partial charge < -0.3 is 5.73 Å². The standard InChI is InChI=1S/C8H13N3O2S/c9-7-4-10-11(5-7)8-2-1-3-14(12,13)6-8/h4-5,8H,1-3,6,9H2. The van der Waals surface area contributed by atoms with Crippen LogP contribution in [0.3, 0.4) is 0 Å². The first-order valence-electron chi connectivity index (χ1n) is 4.57. The highest BCUT2D eigenvalue weighted by molar-refractivity contribution is 7.91. The summed E-state index contributed by atoms with van der Waals surface area (Å²) >= 11 is 0. The summed E-state index contributed by atoms with van der Waals surface area (Å²) < 4.78 is 24.4. The molecule has 78 valence electrons. The van der Waals surface area contributed by atoms with Crippen LogP contribution < -0.4 is 5.73 Å². The van der Waals surface area contributed by atoms with Crippen molar-refractivity contribution in [2.75, 3.05) is 17.2 Å². The summed E-state index contributed by atoms with van der Waals surface area (Å²) in [4.78, 5) is 0. The quantitative estimate of drug-likeness (QED) is 0.726. The molecule has 1 aromatic heterocycles. The van der Waals surface area contributed by atoms with Crippen LogP contribution >= 0.6 is 0 Å². The smallest absolute Gasteiger partial charge is 0.152 e. The van der Waals surface area contributed by atoms with E-state index in [0.29, 0.717) is 17.9 Å². The number of hydrogen-bond donors (Lipinski definition) is 1. The molecule has 0 radical (unpaired) electrons. The Morgan fingerprint density at radius 3 is 2.93 bits per heavy atom. The molecule has 1 fully saturated rings. The van der Waals surface area contributed by atoms with Crippen LogP contribution in [0.15, 0.2) is 12.4 Å². The Morgan fingerprint density at radius 2 is 2.36 bits per heavy atom. The number of nitrogens with zero attached hydrogens (tertiary/aromatic N) is 2. The van der Waals surface area contributed by atoms with Gasteiger partial charge >= 0.3 is 0 Å². The van der Waals surface area contributed by atoms with Crippen molar-refractivity contribution in [1.82, 2.24) is 9.78 Å². The number of anilines is 1. The van der Waals surface area contributed by atoms with E-state index in [9.17, 15) is 8.42 Å². The molecule has 1 aliphatic rings. The minimum atomic E-state index is -2.87. The number of nitrogen functional groups attached to an aromatic ring is 1. The molecule has 14 heavy (non-hydrogen) atoms. The molecule has 0 bridgehead atoms. The number of aromatic nitrogens is 2. The van der Waals surface area contributed by atoms with Gasteiger partial charge in [-0.15, -0.1) is 0 Å². The van der Waals surface area contributed by atoms with Gasteiger partial charge in [-0.1, -0.05) is 0 Å². The maximum atomic E-state index is 11.4. The normalized spacial score (nSPS) is 26.1. The minimum Gasteiger partial charge on any atom is -0.396 e. The predicted octanol–water partition coefficient (Wildman–Crippen LogP) is 0.215. The van der Waals surface area contributed by atoms with Gasteiger partial charge in [0.05, 0.1) is 29.4 Å². The van der Waals surface area contributed by atoms with Gasteiger partial charge in [-0.25, -0.2) is 8.42 Å². The van der Waals surface area contributed by atoms with Crippen LogP contribution in [-0.2, 0) is 9.84 Å². The average molecular weight is 215 g/mol. The molecule has 1 unspecified atom stereocenters. The minimum absolute atomic E-state index is 0.0361. The molecule has 0 aliphatic carbocycles. The van der Waals surface area contributed by atoms with Crippen LogP contribution in [-0.4, -0.2) is 29.7 Å². The van der Waals surface area contributed by atoms with Gasteiger partial charge in [0.15, 0.2) is 9.84 Å². The zero-order chi connectivity index (χ0) is 10.2. The Kier molecular flexibility index (Phi) is 2.22. The van der Waals surface area contributed by atoms with Gasteiger partial charge in [0.1, 0.15) is 0 Å². The first-order valence-corrected chi connectivity index (χ1v) is 6.39. The fraction of sp³-hybridized carbons (Fsp3) is 0.625. The Hall–Kier alpha value is -1.04. The second kappa shape index (κ2) is 3.27. The van der Waals surface area contributed by atoms with E-state index >= 15 is 0 Å². The Labute approximate surface area is 82.8 Å². The second-order valence-corrected chi connectivity index (χ2v) is 5.89. The predicted molar refractivity (Wildman–Crippen MR) is 53.6 cm³/mol. The molecule has 0 amide bonds. The molecule has 1 aromatic rings. The lowest BCUT2D eigenvalue weighted by Gasteiger charge is -2.21. The third kappa shape index (κ3) is 1.89. The van der Waals surface area contributed by atoms with E-state index in [2.05, 4.69) is 5.10 Å². The van der Waals surface area contributed by atoms with Crippen LogP contribution in [0.4, 0.5) is 5.69 Å². The van der Waals surface area contributed by atoms with Gasteiger partial charge in [-0.2, -0.15) is 5.10 Å². The number of hydrogen-bond acceptors (Lipinski definition) is 4. The molecule has 2 heterocycles. The van der Waals surface area contributed by atoms with Crippen molar-refractivity contribution in [3.8, 4) is 0 Å². The maximum absolute atomic E-state index is 11.4. The number of sulfone groups is 1. The summed E-state index contributed by atoms with van der Waals surface area (Å²) in [5, 5.41) is 4.03. The van der Waals surface area contributed by atoms with Crippen molar-refractivity contribution in [3.63, 3.8) is 0 Å². The van der Waals surface area contributed by atoms with E-state index in [1.807, 2.05) is 0 Å². The molecule has 6 heteroatoms. The zero-order valence-corrected chi connectivity index (χ0v) is 8.57. The Balaban J connectivity index is 2.20. The molecular formula is C8H13N3O2S. The van der Waals surface area contributed by atoms with Crippen molar-refractivity contribution < 1.29 is 8.42 Å². The molecule has 0 saturated carbocycles. The zero-order valence-electron chi connectivity index (χ0n) is 7.76. The largest absolute Gasteiger partial charge is 0.396 e. The van der Waals surface area contributed by atoms with Crippen molar-refractivity contribution >= 4 is 15.5 Å². The van der Waals surface area contributed by atoms with Crippen LogP contribution in [0.1, 0.15) is 18.9 Å². The van der Waals surface area contributed by atoms with Gasteiger partial charge in [0.2, 0.25) is 0 Å². The lowest BCUT2D eigenvalue weighted by atomic mass is 10.2. The van der Waals surface area contributed by atoms with Gasteiger partial charge in [0, 0.05) is 6.20 Å². The van der Waals surface area contributed by atoms with Crippen LogP contribution in [0.25, 0.3) is 0 Å². The fourth-order valence-corrected chi connectivity index (χ4v) is 3.44. The maximum Gasteiger partial charge on any atom is 0.152 e. The van der Waals surface area contributed by atoms with Crippen LogP contribution in [0.5, 0.6) is 0 Å². The Bertz CT molecular complexity index is 424. The van der Waals surface area contributed by atoms with Crippen LogP contribution in [0.2, 0.25) is 0 Å². The third-order valence-electron chi connectivity index (χ3n) is 2.43. The molecule has 2 N–H and O–H groups in total. The number of rotatable bonds is 1. The first kappa shape index (κ1) is 9.51. The highest BCUT2D eigenvalue weighted by atomic mass is 32.2. The lowest BCUT2D eigenvalue weighted by molar-refractivity contribution is 0.435. The highest BCUT2D eigenvalue weighted by Gasteiger charge is 2.26. The molecule has 0 aromatic carbocycles. The topological polar surface area (TPSA) is 78.0 Å². The molecule has 1 saturated heterocycles.